The molecule has 3 aromatic rings. The summed E-state index contributed by atoms with van der Waals surface area (Å²) in [5.74, 6) is -0.838. The number of carbonyl (C=O) groups is 1. The van der Waals surface area contributed by atoms with Gasteiger partial charge >= 0.3 is 5.97 Å². The lowest BCUT2D eigenvalue weighted by Gasteiger charge is -2.20. The lowest BCUT2D eigenvalue weighted by atomic mass is 10.0. The van der Waals surface area contributed by atoms with Crippen molar-refractivity contribution >= 4 is 28.5 Å². The highest BCUT2D eigenvalue weighted by Gasteiger charge is 2.29. The molecule has 0 fully saturated rings. The number of fused-ring (bicyclic) bond motifs is 1. The summed E-state index contributed by atoms with van der Waals surface area (Å²) in [5.41, 5.74) is 1.84. The first kappa shape index (κ1) is 15.6. The molecule has 0 unspecified atom stereocenters. The average Bonchev–Trinajstić information content (AvgIpc) is 2.54. The lowest BCUT2D eigenvalue weighted by Crippen LogP contribution is -2.27. The van der Waals surface area contributed by atoms with E-state index >= 15 is 0 Å². The van der Waals surface area contributed by atoms with E-state index in [0.29, 0.717) is 0 Å². The van der Waals surface area contributed by atoms with Crippen LogP contribution in [0.4, 0.5) is 0 Å². The van der Waals surface area contributed by atoms with E-state index < -0.39 is 10.7 Å². The van der Waals surface area contributed by atoms with Gasteiger partial charge in [-0.3, -0.25) is 9.78 Å². The molecule has 1 N–H and O–H groups in total. The number of benzene rings is 2. The fourth-order valence-electron chi connectivity index (χ4n) is 2.43. The predicted octanol–water partition coefficient (Wildman–Crippen LogP) is 4.86. The second-order valence-corrected chi connectivity index (χ2v) is 7.46. The monoisotopic (exact) mass is 323 g/mol. The molecule has 0 spiro atoms. The van der Waals surface area contributed by atoms with Gasteiger partial charge in [0.15, 0.2) is 0 Å². The van der Waals surface area contributed by atoms with Crippen LogP contribution in [0.5, 0.6) is 0 Å². The van der Waals surface area contributed by atoms with Crippen LogP contribution >= 0.6 is 11.8 Å². The van der Waals surface area contributed by atoms with Gasteiger partial charge in [0.25, 0.3) is 0 Å². The first-order valence-electron chi connectivity index (χ1n) is 7.34. The molecule has 0 saturated carbocycles. The quantitative estimate of drug-likeness (QED) is 0.697. The van der Waals surface area contributed by atoms with E-state index in [-0.39, 0.29) is 0 Å². The molecule has 2 aromatic carbocycles. The van der Waals surface area contributed by atoms with E-state index in [1.54, 1.807) is 20.0 Å². The Morgan fingerprint density at radius 3 is 2.57 bits per heavy atom. The van der Waals surface area contributed by atoms with Crippen molar-refractivity contribution in [1.29, 1.82) is 0 Å². The van der Waals surface area contributed by atoms with E-state index in [4.69, 9.17) is 0 Å². The predicted molar refractivity (Wildman–Crippen MR) is 94.8 cm³/mol. The number of nitrogens with zero attached hydrogens (tertiary/aromatic N) is 1. The van der Waals surface area contributed by atoms with Crippen molar-refractivity contribution in [2.75, 3.05) is 0 Å². The highest BCUT2D eigenvalue weighted by atomic mass is 32.2. The first-order valence-corrected chi connectivity index (χ1v) is 8.16. The first-order chi connectivity index (χ1) is 11.0. The van der Waals surface area contributed by atoms with E-state index in [1.807, 2.05) is 36.4 Å². The van der Waals surface area contributed by atoms with Crippen LogP contribution in [0.3, 0.4) is 0 Å². The minimum atomic E-state index is -0.914. The van der Waals surface area contributed by atoms with Crippen molar-refractivity contribution in [2.24, 2.45) is 0 Å². The standard InChI is InChI=1S/C19H17NO2S/c1-19(2,18(21)22)23-16-11-6-12-20-17(16)15-10-5-8-13-7-3-4-9-14(13)15/h3-12H,1-2H3,(H,21,22). The van der Waals surface area contributed by atoms with Gasteiger partial charge in [-0.2, -0.15) is 0 Å². The van der Waals surface area contributed by atoms with Gasteiger partial charge < -0.3 is 5.11 Å². The Labute approximate surface area is 139 Å². The summed E-state index contributed by atoms with van der Waals surface area (Å²) >= 11 is 1.32. The zero-order valence-electron chi connectivity index (χ0n) is 13.0. The molecule has 0 amide bonds. The minimum absolute atomic E-state index is 0.823. The van der Waals surface area contributed by atoms with Gasteiger partial charge in [-0.25, -0.2) is 0 Å². The largest absolute Gasteiger partial charge is 0.480 e. The normalized spacial score (nSPS) is 11.6. The van der Waals surface area contributed by atoms with Crippen LogP contribution < -0.4 is 0 Å². The number of rotatable bonds is 4. The Hall–Kier alpha value is -2.33. The van der Waals surface area contributed by atoms with Gasteiger partial charge in [0.2, 0.25) is 0 Å². The molecule has 116 valence electrons. The van der Waals surface area contributed by atoms with Crippen LogP contribution in [0, 0.1) is 0 Å². The zero-order valence-corrected chi connectivity index (χ0v) is 13.8. The maximum Gasteiger partial charge on any atom is 0.319 e. The van der Waals surface area contributed by atoms with Crippen molar-refractivity contribution in [3.63, 3.8) is 0 Å². The summed E-state index contributed by atoms with van der Waals surface area (Å²) in [5, 5.41) is 11.7. The molecule has 4 heteroatoms. The van der Waals surface area contributed by atoms with E-state index in [9.17, 15) is 9.90 Å². The Kier molecular flexibility index (Phi) is 4.09. The Balaban J connectivity index is 2.15. The number of aromatic nitrogens is 1. The maximum atomic E-state index is 11.4. The Morgan fingerprint density at radius 2 is 1.78 bits per heavy atom. The number of aliphatic carboxylic acids is 1. The van der Waals surface area contributed by atoms with Crippen molar-refractivity contribution in [3.8, 4) is 11.3 Å². The third kappa shape index (κ3) is 3.08. The molecule has 1 heterocycles. The summed E-state index contributed by atoms with van der Waals surface area (Å²) in [6, 6.07) is 18.0. The molecule has 0 atom stereocenters. The molecular weight excluding hydrogens is 306 g/mol. The summed E-state index contributed by atoms with van der Waals surface area (Å²) in [7, 11) is 0. The summed E-state index contributed by atoms with van der Waals surface area (Å²) in [4.78, 5) is 16.8. The molecule has 0 radical (unpaired) electrons. The molecule has 0 aliphatic heterocycles. The summed E-state index contributed by atoms with van der Waals surface area (Å²) in [6.45, 7) is 3.42. The fourth-order valence-corrected chi connectivity index (χ4v) is 3.47. The molecular formula is C19H17NO2S. The van der Waals surface area contributed by atoms with Gasteiger partial charge in [0.1, 0.15) is 4.75 Å². The van der Waals surface area contributed by atoms with Crippen LogP contribution in [0.15, 0.2) is 65.7 Å². The molecule has 0 saturated heterocycles. The van der Waals surface area contributed by atoms with E-state index in [0.717, 1.165) is 26.9 Å². The molecule has 1 aromatic heterocycles. The van der Waals surface area contributed by atoms with Crippen LogP contribution in [-0.2, 0) is 4.79 Å². The molecule has 0 aliphatic carbocycles. The van der Waals surface area contributed by atoms with Gasteiger partial charge in [-0.05, 0) is 36.8 Å². The molecule has 0 aliphatic rings. The fraction of sp³-hybridized carbons (Fsp3) is 0.158. The number of pyridine rings is 1. The minimum Gasteiger partial charge on any atom is -0.480 e. The number of thioether (sulfide) groups is 1. The van der Waals surface area contributed by atoms with E-state index in [1.165, 1.54) is 11.8 Å². The number of carboxylic acid groups (broad SMARTS) is 1. The van der Waals surface area contributed by atoms with Crippen LogP contribution in [0.1, 0.15) is 13.8 Å². The van der Waals surface area contributed by atoms with Gasteiger partial charge in [-0.1, -0.05) is 42.5 Å². The molecule has 3 rings (SSSR count). The number of hydrogen-bond donors (Lipinski definition) is 1. The Morgan fingerprint density at radius 1 is 1.04 bits per heavy atom. The van der Waals surface area contributed by atoms with Crippen molar-refractivity contribution in [2.45, 2.75) is 23.5 Å². The summed E-state index contributed by atoms with van der Waals surface area (Å²) < 4.78 is -0.914. The smallest absolute Gasteiger partial charge is 0.319 e. The molecule has 0 bridgehead atoms. The van der Waals surface area contributed by atoms with Crippen LogP contribution in [-0.4, -0.2) is 20.8 Å². The highest BCUT2D eigenvalue weighted by molar-refractivity contribution is 8.01. The third-order valence-corrected chi connectivity index (χ3v) is 4.93. The second kappa shape index (κ2) is 6.05. The van der Waals surface area contributed by atoms with Gasteiger partial charge in [-0.15, -0.1) is 11.8 Å². The molecule has 3 nitrogen and oxygen atoms in total. The van der Waals surface area contributed by atoms with Crippen molar-refractivity contribution in [1.82, 2.24) is 4.98 Å². The van der Waals surface area contributed by atoms with E-state index in [2.05, 4.69) is 23.2 Å². The second-order valence-electron chi connectivity index (χ2n) is 5.79. The average molecular weight is 323 g/mol. The van der Waals surface area contributed by atoms with Crippen LogP contribution in [0.25, 0.3) is 22.0 Å². The van der Waals surface area contributed by atoms with Gasteiger partial charge in [0, 0.05) is 16.7 Å². The van der Waals surface area contributed by atoms with Crippen LogP contribution in [0.2, 0.25) is 0 Å². The number of hydrogen-bond acceptors (Lipinski definition) is 3. The Bertz CT molecular complexity index is 869. The third-order valence-electron chi connectivity index (χ3n) is 3.70. The summed E-state index contributed by atoms with van der Waals surface area (Å²) in [6.07, 6.45) is 1.74. The number of carboxylic acids is 1. The topological polar surface area (TPSA) is 50.2 Å². The zero-order chi connectivity index (χ0) is 16.4. The highest BCUT2D eigenvalue weighted by Crippen LogP contribution is 2.39. The van der Waals surface area contributed by atoms with Gasteiger partial charge in [0.05, 0.1) is 5.69 Å². The SMILES string of the molecule is CC(C)(Sc1cccnc1-c1cccc2ccccc12)C(=O)O. The lowest BCUT2D eigenvalue weighted by molar-refractivity contribution is -0.138. The van der Waals surface area contributed by atoms with Crippen molar-refractivity contribution in [3.05, 3.63) is 60.8 Å². The maximum absolute atomic E-state index is 11.4. The van der Waals surface area contributed by atoms with Crippen molar-refractivity contribution < 1.29 is 9.90 Å². The molecule has 23 heavy (non-hydrogen) atoms.